The van der Waals surface area contributed by atoms with Gasteiger partial charge in [0.25, 0.3) is 15.9 Å². The van der Waals surface area contributed by atoms with E-state index in [1.54, 1.807) is 7.11 Å². The van der Waals surface area contributed by atoms with E-state index in [1.807, 2.05) is 59.3 Å². The van der Waals surface area contributed by atoms with Crippen LogP contribution in [0.5, 0.6) is 11.5 Å². The number of sulfonamides is 1. The molecule has 17 heteroatoms. The molecule has 2 aromatic carbocycles. The molecule has 4 atom stereocenters. The van der Waals surface area contributed by atoms with E-state index in [0.717, 1.165) is 21.7 Å². The molecule has 53 heavy (non-hydrogen) atoms. The third-order valence-electron chi connectivity index (χ3n) is 9.30. The van der Waals surface area contributed by atoms with Crippen LogP contribution in [-0.2, 0) is 32.8 Å². The number of ether oxygens (including phenoxy) is 2. The topological polar surface area (TPSA) is 154 Å². The van der Waals surface area contributed by atoms with E-state index in [2.05, 4.69) is 22.3 Å². The molecule has 0 bridgehead atoms. The third-order valence-corrected chi connectivity index (χ3v) is 12.2. The van der Waals surface area contributed by atoms with Crippen LogP contribution in [0, 0.1) is 5.92 Å². The SMILES string of the molecule is C=CC1CC1(NC(=O)C1CC(Oc2cc(-c3ccccc3)nc3cc(OC)ccc23)CN1)C(=O)NS(=O)(=O)c1ccc(-c2cc(C(F)(F)F)nn2C)s1. The molecule has 4 heterocycles. The molecular formula is C36H33F3N6O6S2. The molecule has 2 fully saturated rings. The van der Waals surface area contributed by atoms with Gasteiger partial charge in [-0.2, -0.15) is 18.3 Å². The van der Waals surface area contributed by atoms with Crippen LogP contribution in [0.15, 0.2) is 89.7 Å². The second kappa shape index (κ2) is 13.6. The number of carbonyl (C=O) groups excluding carboxylic acids is 2. The minimum absolute atomic E-state index is 0.0491. The summed E-state index contributed by atoms with van der Waals surface area (Å²) in [6.45, 7) is 4.05. The van der Waals surface area contributed by atoms with Crippen LogP contribution in [0.25, 0.3) is 32.7 Å². The summed E-state index contributed by atoms with van der Waals surface area (Å²) in [5.74, 6) is -0.807. The number of halogens is 3. The van der Waals surface area contributed by atoms with E-state index in [9.17, 15) is 31.2 Å². The summed E-state index contributed by atoms with van der Waals surface area (Å²) >= 11 is 0.675. The summed E-state index contributed by atoms with van der Waals surface area (Å²) in [5, 5.41) is 10.1. The first kappa shape index (κ1) is 36.1. The number of fused-ring (bicyclic) bond motifs is 1. The first-order valence-corrected chi connectivity index (χ1v) is 18.7. The third kappa shape index (κ3) is 7.11. The molecule has 0 radical (unpaired) electrons. The summed E-state index contributed by atoms with van der Waals surface area (Å²) in [6.07, 6.45) is -3.27. The maximum atomic E-state index is 13.6. The van der Waals surface area contributed by atoms with Crippen molar-refractivity contribution in [2.45, 2.75) is 40.9 Å². The number of nitrogens with zero attached hydrogens (tertiary/aromatic N) is 3. The first-order valence-electron chi connectivity index (χ1n) is 16.4. The molecule has 3 N–H and O–H groups in total. The summed E-state index contributed by atoms with van der Waals surface area (Å²) in [6, 6.07) is 19.5. The Kier molecular flexibility index (Phi) is 9.28. The van der Waals surface area contributed by atoms with Crippen molar-refractivity contribution in [3.05, 3.63) is 91.1 Å². The van der Waals surface area contributed by atoms with Crippen molar-refractivity contribution in [2.24, 2.45) is 13.0 Å². The van der Waals surface area contributed by atoms with Crippen molar-refractivity contribution in [3.8, 4) is 33.3 Å². The number of alkyl halides is 3. The molecule has 12 nitrogen and oxygen atoms in total. The molecule has 2 aliphatic rings. The number of rotatable bonds is 11. The Labute approximate surface area is 306 Å². The molecule has 1 saturated carbocycles. The molecule has 5 aromatic rings. The van der Waals surface area contributed by atoms with Gasteiger partial charge in [0.2, 0.25) is 5.91 Å². The number of aryl methyl sites for hydroxylation is 1. The fraction of sp³-hybridized carbons (Fsp3) is 0.278. The summed E-state index contributed by atoms with van der Waals surface area (Å²) in [7, 11) is -1.58. The van der Waals surface area contributed by atoms with Gasteiger partial charge in [-0.3, -0.25) is 14.3 Å². The van der Waals surface area contributed by atoms with Crippen LogP contribution in [0.1, 0.15) is 18.5 Å². The number of nitrogens with one attached hydrogen (secondary N) is 3. The lowest BCUT2D eigenvalue weighted by molar-refractivity contribution is -0.141. The number of aromatic nitrogens is 3. The smallest absolute Gasteiger partial charge is 0.435 e. The second-order valence-corrected chi connectivity index (χ2v) is 15.8. The number of methoxy groups -OCH3 is 1. The number of thiophene rings is 1. The van der Waals surface area contributed by atoms with E-state index < -0.39 is 57.3 Å². The lowest BCUT2D eigenvalue weighted by atomic mass is 10.1. The predicted octanol–water partition coefficient (Wildman–Crippen LogP) is 5.07. The van der Waals surface area contributed by atoms with Crippen molar-refractivity contribution >= 4 is 44.1 Å². The standard InChI is InChI=1S/C36H33F3N6O6S2/c1-4-21-18-35(21,34(47)44-53(48,49)32-13-12-30(52-32)28-17-31(36(37,38)39)43-45(28)2)42-33(46)27-15-23(19-40-27)51-29-16-25(20-8-6-5-7-9-20)41-26-14-22(50-3)10-11-24(26)29/h4-14,16-17,21,23,27,40H,1,15,18-19H2,2-3H3,(H,42,46)(H,44,47). The van der Waals surface area contributed by atoms with Crippen molar-refractivity contribution in [1.82, 2.24) is 30.1 Å². The number of hydrogen-bond acceptors (Lipinski definition) is 10. The number of carbonyl (C=O) groups is 2. The van der Waals surface area contributed by atoms with Gasteiger partial charge in [0.05, 0.1) is 34.9 Å². The lowest BCUT2D eigenvalue weighted by Crippen LogP contribution is -2.55. The number of pyridine rings is 1. The zero-order valence-corrected chi connectivity index (χ0v) is 29.9. The van der Waals surface area contributed by atoms with E-state index in [1.165, 1.54) is 25.3 Å². The number of benzene rings is 2. The van der Waals surface area contributed by atoms with Gasteiger partial charge in [-0.15, -0.1) is 17.9 Å². The van der Waals surface area contributed by atoms with Crippen molar-refractivity contribution in [2.75, 3.05) is 13.7 Å². The Morgan fingerprint density at radius 1 is 1.11 bits per heavy atom. The minimum atomic E-state index is -4.68. The molecule has 2 amide bonds. The molecule has 1 aliphatic heterocycles. The molecule has 4 unspecified atom stereocenters. The monoisotopic (exact) mass is 766 g/mol. The largest absolute Gasteiger partial charge is 0.497 e. The minimum Gasteiger partial charge on any atom is -0.497 e. The fourth-order valence-electron chi connectivity index (χ4n) is 6.37. The van der Waals surface area contributed by atoms with Gasteiger partial charge >= 0.3 is 6.18 Å². The van der Waals surface area contributed by atoms with Crippen LogP contribution in [-0.4, -0.2) is 66.3 Å². The molecular weight excluding hydrogens is 734 g/mol. The second-order valence-electron chi connectivity index (χ2n) is 12.8. The highest BCUT2D eigenvalue weighted by atomic mass is 32.2. The van der Waals surface area contributed by atoms with Crippen LogP contribution in [0.3, 0.4) is 0 Å². The van der Waals surface area contributed by atoms with Crippen molar-refractivity contribution < 1.29 is 40.7 Å². The molecule has 276 valence electrons. The summed E-state index contributed by atoms with van der Waals surface area (Å²) < 4.78 is 80.8. The van der Waals surface area contributed by atoms with Gasteiger partial charge in [-0.1, -0.05) is 36.4 Å². The van der Waals surface area contributed by atoms with E-state index in [4.69, 9.17) is 14.5 Å². The maximum absolute atomic E-state index is 13.6. The number of hydrogen-bond donors (Lipinski definition) is 3. The average molecular weight is 767 g/mol. The predicted molar refractivity (Wildman–Crippen MR) is 191 cm³/mol. The van der Waals surface area contributed by atoms with E-state index >= 15 is 0 Å². The van der Waals surface area contributed by atoms with Crippen LogP contribution >= 0.6 is 11.3 Å². The molecule has 7 rings (SSSR count). The van der Waals surface area contributed by atoms with E-state index in [0.29, 0.717) is 40.6 Å². The zero-order chi connectivity index (χ0) is 37.7. The molecule has 1 aliphatic carbocycles. The fourth-order valence-corrected chi connectivity index (χ4v) is 8.76. The highest BCUT2D eigenvalue weighted by Crippen LogP contribution is 2.45. The lowest BCUT2D eigenvalue weighted by Gasteiger charge is -2.21. The van der Waals surface area contributed by atoms with Gasteiger partial charge < -0.3 is 20.1 Å². The van der Waals surface area contributed by atoms with Gasteiger partial charge in [-0.05, 0) is 36.8 Å². The van der Waals surface area contributed by atoms with Gasteiger partial charge in [-0.25, -0.2) is 18.1 Å². The Morgan fingerprint density at radius 3 is 2.57 bits per heavy atom. The highest BCUT2D eigenvalue weighted by Gasteiger charge is 2.61. The molecule has 1 saturated heterocycles. The maximum Gasteiger partial charge on any atom is 0.435 e. The highest BCUT2D eigenvalue weighted by molar-refractivity contribution is 7.92. The zero-order valence-electron chi connectivity index (χ0n) is 28.3. The molecule has 3 aromatic heterocycles. The Bertz CT molecular complexity index is 2350. The van der Waals surface area contributed by atoms with Gasteiger partial charge in [0.1, 0.15) is 27.4 Å². The first-order chi connectivity index (χ1) is 25.2. The van der Waals surface area contributed by atoms with Crippen molar-refractivity contribution in [1.29, 1.82) is 0 Å². The number of amides is 2. The van der Waals surface area contributed by atoms with Crippen molar-refractivity contribution in [3.63, 3.8) is 0 Å². The Morgan fingerprint density at radius 2 is 1.89 bits per heavy atom. The Balaban J connectivity index is 1.04. The van der Waals surface area contributed by atoms with Gasteiger partial charge in [0.15, 0.2) is 5.69 Å². The summed E-state index contributed by atoms with van der Waals surface area (Å²) in [5.41, 5.74) is -0.390. The van der Waals surface area contributed by atoms with Gasteiger partial charge in [0, 0.05) is 49.0 Å². The van der Waals surface area contributed by atoms with Crippen LogP contribution < -0.4 is 24.8 Å². The summed E-state index contributed by atoms with van der Waals surface area (Å²) in [4.78, 5) is 32.2. The normalized spacial score (nSPS) is 21.3. The molecule has 0 spiro atoms. The average Bonchev–Trinajstić information content (AvgIpc) is 3.52. The Hall–Kier alpha value is -5.26. The van der Waals surface area contributed by atoms with Crippen LogP contribution in [0.4, 0.5) is 13.2 Å². The quantitative estimate of drug-likeness (QED) is 0.157. The van der Waals surface area contributed by atoms with E-state index in [-0.39, 0.29) is 27.6 Å². The van der Waals surface area contributed by atoms with Crippen LogP contribution in [0.2, 0.25) is 0 Å².